The number of ether oxygens (including phenoxy) is 1. The molecule has 0 saturated heterocycles. The van der Waals surface area contributed by atoms with E-state index in [4.69, 9.17) is 21.4 Å². The van der Waals surface area contributed by atoms with Gasteiger partial charge in [0.25, 0.3) is 0 Å². The van der Waals surface area contributed by atoms with E-state index < -0.39 is 0 Å². The topological polar surface area (TPSA) is 59.9 Å². The molecule has 4 rings (SSSR count). The first-order valence-corrected chi connectivity index (χ1v) is 12.2. The predicted octanol–water partition coefficient (Wildman–Crippen LogP) is 6.92. The van der Waals surface area contributed by atoms with Crippen LogP contribution in [0, 0.1) is 20.8 Å². The standard InChI is InChI=1S/C28H32ClN3O2/c1-7-24-25(18(4)32(6)31-24)23-11-8-10-22-21(27(19(5)33)30-28(22)23)12-9-13-34-20-14-16(2)26(29)17(3)15-20/h8,10-11,14-15,30H,7,9,12-13H2,1-6H3. The molecule has 0 atom stereocenters. The molecule has 0 bridgehead atoms. The molecule has 0 saturated carbocycles. The number of nitrogens with one attached hydrogen (secondary N) is 1. The van der Waals surface area contributed by atoms with Gasteiger partial charge in [-0.05, 0) is 68.9 Å². The molecule has 1 N–H and O–H groups in total. The fraction of sp³-hybridized carbons (Fsp3) is 0.357. The van der Waals surface area contributed by atoms with E-state index in [-0.39, 0.29) is 5.78 Å². The number of rotatable bonds is 8. The lowest BCUT2D eigenvalue weighted by Gasteiger charge is -2.10. The average Bonchev–Trinajstić information content (AvgIpc) is 3.32. The minimum absolute atomic E-state index is 0.0423. The van der Waals surface area contributed by atoms with Gasteiger partial charge in [-0.3, -0.25) is 9.48 Å². The number of hydrogen-bond donors (Lipinski definition) is 1. The second-order valence-corrected chi connectivity index (χ2v) is 9.35. The Morgan fingerprint density at radius 3 is 2.53 bits per heavy atom. The van der Waals surface area contributed by atoms with Crippen LogP contribution in [0.4, 0.5) is 0 Å². The molecule has 0 unspecified atom stereocenters. The van der Waals surface area contributed by atoms with Gasteiger partial charge >= 0.3 is 0 Å². The SMILES string of the molecule is CCc1nn(C)c(C)c1-c1cccc2c(CCCOc3cc(C)c(Cl)c(C)c3)c(C(C)=O)[nH]c12. The second-order valence-electron chi connectivity index (χ2n) is 8.97. The molecule has 178 valence electrons. The fourth-order valence-corrected chi connectivity index (χ4v) is 4.85. The molecule has 0 fully saturated rings. The summed E-state index contributed by atoms with van der Waals surface area (Å²) in [5.41, 5.74) is 9.18. The molecular formula is C28H32ClN3O2. The first-order valence-electron chi connectivity index (χ1n) is 11.8. The first kappa shape index (κ1) is 24.1. The van der Waals surface area contributed by atoms with Gasteiger partial charge in [-0.2, -0.15) is 5.10 Å². The van der Waals surface area contributed by atoms with Crippen LogP contribution in [0.2, 0.25) is 5.02 Å². The van der Waals surface area contributed by atoms with Crippen molar-refractivity contribution >= 4 is 28.3 Å². The summed E-state index contributed by atoms with van der Waals surface area (Å²) in [4.78, 5) is 16.0. The zero-order valence-corrected chi connectivity index (χ0v) is 21.6. The number of fused-ring (bicyclic) bond motifs is 1. The maximum absolute atomic E-state index is 12.5. The zero-order chi connectivity index (χ0) is 24.6. The molecule has 0 aliphatic carbocycles. The van der Waals surface area contributed by atoms with Crippen molar-refractivity contribution in [2.24, 2.45) is 7.05 Å². The molecule has 2 aromatic carbocycles. The number of halogens is 1. The summed E-state index contributed by atoms with van der Waals surface area (Å²) in [5.74, 6) is 0.868. The number of Topliss-reactive ketones (excluding diaryl/α,β-unsaturated/α-hetero) is 1. The fourth-order valence-electron chi connectivity index (χ4n) is 4.75. The highest BCUT2D eigenvalue weighted by Gasteiger charge is 2.21. The Balaban J connectivity index is 1.64. The van der Waals surface area contributed by atoms with Gasteiger partial charge in [0.05, 0.1) is 23.5 Å². The predicted molar refractivity (Wildman–Crippen MR) is 139 cm³/mol. The number of H-pyrrole nitrogens is 1. The summed E-state index contributed by atoms with van der Waals surface area (Å²) in [5, 5.41) is 6.56. The van der Waals surface area contributed by atoms with Crippen molar-refractivity contribution in [3.8, 4) is 16.9 Å². The zero-order valence-electron chi connectivity index (χ0n) is 20.8. The van der Waals surface area contributed by atoms with Crippen LogP contribution in [0.25, 0.3) is 22.0 Å². The molecule has 2 heterocycles. The van der Waals surface area contributed by atoms with Gasteiger partial charge in [0.2, 0.25) is 0 Å². The largest absolute Gasteiger partial charge is 0.494 e. The Bertz CT molecular complexity index is 1360. The van der Waals surface area contributed by atoms with Crippen molar-refractivity contribution in [1.82, 2.24) is 14.8 Å². The van der Waals surface area contributed by atoms with Crippen LogP contribution >= 0.6 is 11.6 Å². The Labute approximate surface area is 206 Å². The summed E-state index contributed by atoms with van der Waals surface area (Å²) in [7, 11) is 1.98. The molecule has 0 spiro atoms. The lowest BCUT2D eigenvalue weighted by molar-refractivity contribution is 0.101. The van der Waals surface area contributed by atoms with Crippen molar-refractivity contribution < 1.29 is 9.53 Å². The number of para-hydroxylation sites is 1. The summed E-state index contributed by atoms with van der Waals surface area (Å²) in [6.45, 7) is 10.4. The summed E-state index contributed by atoms with van der Waals surface area (Å²) >= 11 is 6.27. The van der Waals surface area contributed by atoms with Gasteiger partial charge in [0, 0.05) is 41.2 Å². The van der Waals surface area contributed by atoms with Gasteiger partial charge in [0.15, 0.2) is 5.78 Å². The third kappa shape index (κ3) is 4.37. The first-order chi connectivity index (χ1) is 16.2. The lowest BCUT2D eigenvalue weighted by atomic mass is 9.97. The smallest absolute Gasteiger partial charge is 0.176 e. The van der Waals surface area contributed by atoms with E-state index in [2.05, 4.69) is 37.0 Å². The van der Waals surface area contributed by atoms with Crippen molar-refractivity contribution in [3.63, 3.8) is 0 Å². The summed E-state index contributed by atoms with van der Waals surface area (Å²) in [6, 6.07) is 10.2. The molecule has 5 nitrogen and oxygen atoms in total. The molecular weight excluding hydrogens is 446 g/mol. The third-order valence-corrected chi connectivity index (χ3v) is 7.15. The van der Waals surface area contributed by atoms with E-state index in [9.17, 15) is 4.79 Å². The van der Waals surface area contributed by atoms with Crippen LogP contribution in [-0.4, -0.2) is 27.2 Å². The lowest BCUT2D eigenvalue weighted by Crippen LogP contribution is -2.03. The highest BCUT2D eigenvalue weighted by Crippen LogP contribution is 2.36. The van der Waals surface area contributed by atoms with Crippen molar-refractivity contribution in [2.75, 3.05) is 6.61 Å². The van der Waals surface area contributed by atoms with Crippen LogP contribution in [-0.2, 0) is 19.9 Å². The molecule has 0 aliphatic rings. The van der Waals surface area contributed by atoms with Crippen molar-refractivity contribution in [2.45, 2.75) is 53.9 Å². The number of nitrogens with zero attached hydrogens (tertiary/aromatic N) is 2. The number of aryl methyl sites for hydroxylation is 5. The molecule has 6 heteroatoms. The Morgan fingerprint density at radius 2 is 1.88 bits per heavy atom. The van der Waals surface area contributed by atoms with E-state index in [1.165, 1.54) is 0 Å². The number of hydrogen-bond acceptors (Lipinski definition) is 3. The second kappa shape index (κ2) is 9.67. The maximum Gasteiger partial charge on any atom is 0.176 e. The Kier molecular flexibility index (Phi) is 6.85. The van der Waals surface area contributed by atoms with Gasteiger partial charge in [0.1, 0.15) is 5.75 Å². The molecule has 0 aliphatic heterocycles. The normalized spacial score (nSPS) is 11.4. The molecule has 0 amide bonds. The maximum atomic E-state index is 12.5. The van der Waals surface area contributed by atoms with E-state index in [0.29, 0.717) is 12.3 Å². The minimum Gasteiger partial charge on any atom is -0.494 e. The molecule has 2 aromatic heterocycles. The van der Waals surface area contributed by atoms with Gasteiger partial charge in [-0.15, -0.1) is 0 Å². The Morgan fingerprint density at radius 1 is 1.18 bits per heavy atom. The van der Waals surface area contributed by atoms with Crippen molar-refractivity contribution in [1.29, 1.82) is 0 Å². The van der Waals surface area contributed by atoms with Crippen LogP contribution in [0.5, 0.6) is 5.75 Å². The van der Waals surface area contributed by atoms with E-state index in [0.717, 1.165) is 80.1 Å². The number of benzene rings is 2. The van der Waals surface area contributed by atoms with E-state index >= 15 is 0 Å². The highest BCUT2D eigenvalue weighted by atomic mass is 35.5. The monoisotopic (exact) mass is 477 g/mol. The quantitative estimate of drug-likeness (QED) is 0.221. The minimum atomic E-state index is 0.0423. The highest BCUT2D eigenvalue weighted by molar-refractivity contribution is 6.32. The summed E-state index contributed by atoms with van der Waals surface area (Å²) in [6.07, 6.45) is 2.39. The van der Waals surface area contributed by atoms with E-state index in [1.54, 1.807) is 6.92 Å². The molecule has 34 heavy (non-hydrogen) atoms. The number of aromatic amines is 1. The number of aromatic nitrogens is 3. The third-order valence-electron chi connectivity index (χ3n) is 6.55. The van der Waals surface area contributed by atoms with Crippen LogP contribution < -0.4 is 4.74 Å². The summed E-state index contributed by atoms with van der Waals surface area (Å²) < 4.78 is 7.94. The number of ketones is 1. The molecule has 4 aromatic rings. The van der Waals surface area contributed by atoms with Gasteiger partial charge in [-0.25, -0.2) is 0 Å². The van der Waals surface area contributed by atoms with Gasteiger partial charge in [-0.1, -0.05) is 36.7 Å². The van der Waals surface area contributed by atoms with Crippen LogP contribution in [0.15, 0.2) is 30.3 Å². The number of carbonyl (C=O) groups is 1. The van der Waals surface area contributed by atoms with E-state index in [1.807, 2.05) is 37.7 Å². The molecule has 0 radical (unpaired) electrons. The van der Waals surface area contributed by atoms with Crippen LogP contribution in [0.1, 0.15) is 58.8 Å². The van der Waals surface area contributed by atoms with Crippen LogP contribution in [0.3, 0.4) is 0 Å². The van der Waals surface area contributed by atoms with Gasteiger partial charge < -0.3 is 9.72 Å². The number of carbonyl (C=O) groups excluding carboxylic acids is 1. The van der Waals surface area contributed by atoms with Crippen molar-refractivity contribution in [3.05, 3.63) is 69.1 Å². The Hall–Kier alpha value is -3.05. The average molecular weight is 478 g/mol.